The van der Waals surface area contributed by atoms with Crippen molar-refractivity contribution in [2.45, 2.75) is 50.6 Å². The van der Waals surface area contributed by atoms with Gasteiger partial charge in [0.2, 0.25) is 11.8 Å². The van der Waals surface area contributed by atoms with E-state index in [0.29, 0.717) is 19.1 Å². The van der Waals surface area contributed by atoms with Crippen LogP contribution in [-0.2, 0) is 9.59 Å². The van der Waals surface area contributed by atoms with Gasteiger partial charge in [0, 0.05) is 38.3 Å². The molecule has 1 saturated heterocycles. The van der Waals surface area contributed by atoms with Crippen LogP contribution in [0.1, 0.15) is 44.1 Å². The maximum atomic E-state index is 12.9. The standard InChI is InChI=1S/C23H33N3O3/c1-25(19-11-4-3-5-12-19)22(27)17-20-23(28)24-14-16-26(20)15-8-10-18-9-6-7-13-21(18)29-2/h6-10,13,19-20H,3-5,11-12,14-17H2,1-2H3,(H,24,28)/b10-8+/t20-/m0/s1. The first-order valence-corrected chi connectivity index (χ1v) is 10.7. The Balaban J connectivity index is 1.61. The van der Waals surface area contributed by atoms with Crippen LogP contribution in [-0.4, -0.2) is 67.5 Å². The van der Waals surface area contributed by atoms with Crippen LogP contribution in [0.2, 0.25) is 0 Å². The summed E-state index contributed by atoms with van der Waals surface area (Å²) in [5.41, 5.74) is 1.00. The van der Waals surface area contributed by atoms with Crippen molar-refractivity contribution in [3.63, 3.8) is 0 Å². The van der Waals surface area contributed by atoms with Crippen LogP contribution in [0.3, 0.4) is 0 Å². The number of piperazine rings is 1. The lowest BCUT2D eigenvalue weighted by molar-refractivity contribution is -0.139. The van der Waals surface area contributed by atoms with Gasteiger partial charge >= 0.3 is 0 Å². The summed E-state index contributed by atoms with van der Waals surface area (Å²) in [4.78, 5) is 29.3. The molecule has 158 valence electrons. The Morgan fingerprint density at radius 2 is 2.03 bits per heavy atom. The average molecular weight is 400 g/mol. The molecule has 1 aliphatic carbocycles. The summed E-state index contributed by atoms with van der Waals surface area (Å²) >= 11 is 0. The number of carbonyl (C=O) groups is 2. The van der Waals surface area contributed by atoms with E-state index < -0.39 is 6.04 Å². The fourth-order valence-corrected chi connectivity index (χ4v) is 4.30. The van der Waals surface area contributed by atoms with Gasteiger partial charge in [0.25, 0.3) is 0 Å². The monoisotopic (exact) mass is 399 g/mol. The smallest absolute Gasteiger partial charge is 0.237 e. The molecule has 0 spiro atoms. The Kier molecular flexibility index (Phi) is 7.69. The molecule has 6 nitrogen and oxygen atoms in total. The van der Waals surface area contributed by atoms with E-state index in [2.05, 4.69) is 10.2 Å². The highest BCUT2D eigenvalue weighted by Crippen LogP contribution is 2.23. The Hall–Kier alpha value is -2.34. The van der Waals surface area contributed by atoms with Crippen LogP contribution in [0.25, 0.3) is 6.08 Å². The first-order valence-electron chi connectivity index (χ1n) is 10.7. The predicted molar refractivity (Wildman–Crippen MR) is 115 cm³/mol. The third-order valence-corrected chi connectivity index (χ3v) is 6.10. The van der Waals surface area contributed by atoms with Crippen molar-refractivity contribution in [2.75, 3.05) is 33.8 Å². The molecular formula is C23H33N3O3. The van der Waals surface area contributed by atoms with Crippen molar-refractivity contribution < 1.29 is 14.3 Å². The van der Waals surface area contributed by atoms with E-state index in [1.165, 1.54) is 19.3 Å². The lowest BCUT2D eigenvalue weighted by Gasteiger charge is -2.36. The molecule has 0 bridgehead atoms. The zero-order valence-corrected chi connectivity index (χ0v) is 17.6. The Labute approximate surface area is 173 Å². The Morgan fingerprint density at radius 3 is 2.79 bits per heavy atom. The molecule has 0 radical (unpaired) electrons. The summed E-state index contributed by atoms with van der Waals surface area (Å²) in [7, 11) is 3.55. The van der Waals surface area contributed by atoms with Gasteiger partial charge < -0.3 is 15.0 Å². The summed E-state index contributed by atoms with van der Waals surface area (Å²) in [5, 5.41) is 2.92. The second-order valence-corrected chi connectivity index (χ2v) is 7.95. The van der Waals surface area contributed by atoms with Crippen molar-refractivity contribution in [3.8, 4) is 5.75 Å². The zero-order chi connectivity index (χ0) is 20.6. The van der Waals surface area contributed by atoms with E-state index in [1.807, 2.05) is 48.4 Å². The number of hydrogen-bond acceptors (Lipinski definition) is 4. The zero-order valence-electron chi connectivity index (χ0n) is 17.6. The van der Waals surface area contributed by atoms with Gasteiger partial charge in [-0.1, -0.05) is 49.6 Å². The minimum absolute atomic E-state index is 0.0488. The molecule has 2 amide bonds. The molecule has 29 heavy (non-hydrogen) atoms. The van der Waals surface area contributed by atoms with E-state index in [1.54, 1.807) is 7.11 Å². The average Bonchev–Trinajstić information content (AvgIpc) is 2.76. The molecule has 0 unspecified atom stereocenters. The number of methoxy groups -OCH3 is 1. The van der Waals surface area contributed by atoms with E-state index >= 15 is 0 Å². The second kappa shape index (κ2) is 10.4. The van der Waals surface area contributed by atoms with Crippen LogP contribution in [0.4, 0.5) is 0 Å². The molecule has 0 aromatic heterocycles. The third-order valence-electron chi connectivity index (χ3n) is 6.10. The Morgan fingerprint density at radius 1 is 1.28 bits per heavy atom. The molecule has 3 rings (SSSR count). The van der Waals surface area contributed by atoms with Gasteiger partial charge in [0.05, 0.1) is 19.6 Å². The van der Waals surface area contributed by atoms with Gasteiger partial charge in [0.15, 0.2) is 0 Å². The van der Waals surface area contributed by atoms with Crippen molar-refractivity contribution in [1.82, 2.24) is 15.1 Å². The minimum Gasteiger partial charge on any atom is -0.496 e. The first-order chi connectivity index (χ1) is 14.1. The topological polar surface area (TPSA) is 61.9 Å². The summed E-state index contributed by atoms with van der Waals surface area (Å²) in [6, 6.07) is 7.75. The largest absolute Gasteiger partial charge is 0.496 e. The molecule has 1 saturated carbocycles. The molecule has 2 fully saturated rings. The van der Waals surface area contributed by atoms with Gasteiger partial charge in [0.1, 0.15) is 5.75 Å². The molecule has 1 heterocycles. The van der Waals surface area contributed by atoms with Gasteiger partial charge in [-0.3, -0.25) is 14.5 Å². The fourth-order valence-electron chi connectivity index (χ4n) is 4.30. The maximum Gasteiger partial charge on any atom is 0.237 e. The highest BCUT2D eigenvalue weighted by molar-refractivity contribution is 5.89. The number of carbonyl (C=O) groups excluding carboxylic acids is 2. The molecule has 6 heteroatoms. The third kappa shape index (κ3) is 5.60. The summed E-state index contributed by atoms with van der Waals surface area (Å²) < 4.78 is 5.38. The number of ether oxygens (including phenoxy) is 1. The maximum absolute atomic E-state index is 12.9. The highest BCUT2D eigenvalue weighted by atomic mass is 16.5. The summed E-state index contributed by atoms with van der Waals surface area (Å²) in [5.74, 6) is 0.839. The van der Waals surface area contributed by atoms with Crippen molar-refractivity contribution in [1.29, 1.82) is 0 Å². The second-order valence-electron chi connectivity index (χ2n) is 7.95. The van der Waals surface area contributed by atoms with E-state index in [9.17, 15) is 9.59 Å². The minimum atomic E-state index is -0.412. The number of nitrogens with zero attached hydrogens (tertiary/aromatic N) is 2. The number of rotatable bonds is 7. The van der Waals surface area contributed by atoms with Crippen LogP contribution in [0, 0.1) is 0 Å². The van der Waals surface area contributed by atoms with E-state index in [4.69, 9.17) is 4.74 Å². The SMILES string of the molecule is COc1ccccc1/C=C/CN1CCNC(=O)[C@@H]1CC(=O)N(C)C1CCCCC1. The van der Waals surface area contributed by atoms with Gasteiger partial charge in [-0.25, -0.2) is 0 Å². The lowest BCUT2D eigenvalue weighted by Crippen LogP contribution is -2.56. The summed E-state index contributed by atoms with van der Waals surface area (Å²) in [6.07, 6.45) is 10.1. The molecule has 1 aromatic rings. The van der Waals surface area contributed by atoms with Crippen molar-refractivity contribution in [2.24, 2.45) is 0 Å². The number of amides is 2. The van der Waals surface area contributed by atoms with Crippen LogP contribution in [0.15, 0.2) is 30.3 Å². The van der Waals surface area contributed by atoms with Crippen LogP contribution >= 0.6 is 0 Å². The van der Waals surface area contributed by atoms with Crippen molar-refractivity contribution >= 4 is 17.9 Å². The van der Waals surface area contributed by atoms with Crippen LogP contribution in [0.5, 0.6) is 5.75 Å². The van der Waals surface area contributed by atoms with Gasteiger partial charge in [-0.15, -0.1) is 0 Å². The van der Waals surface area contributed by atoms with E-state index in [0.717, 1.165) is 30.7 Å². The van der Waals surface area contributed by atoms with Gasteiger partial charge in [-0.2, -0.15) is 0 Å². The molecule has 1 atom stereocenters. The molecular weight excluding hydrogens is 366 g/mol. The van der Waals surface area contributed by atoms with Crippen molar-refractivity contribution in [3.05, 3.63) is 35.9 Å². The fraction of sp³-hybridized carbons (Fsp3) is 0.565. The molecule has 1 aromatic carbocycles. The predicted octanol–water partition coefficient (Wildman–Crippen LogP) is 2.69. The Bertz CT molecular complexity index is 728. The number of para-hydroxylation sites is 1. The molecule has 2 aliphatic rings. The first kappa shape index (κ1) is 21.4. The number of benzene rings is 1. The summed E-state index contributed by atoms with van der Waals surface area (Å²) in [6.45, 7) is 1.98. The highest BCUT2D eigenvalue weighted by Gasteiger charge is 2.33. The molecule has 1 N–H and O–H groups in total. The number of hydrogen-bond donors (Lipinski definition) is 1. The quantitative estimate of drug-likeness (QED) is 0.766. The van der Waals surface area contributed by atoms with Crippen LogP contribution < -0.4 is 10.1 Å². The van der Waals surface area contributed by atoms with E-state index in [-0.39, 0.29) is 18.2 Å². The lowest BCUT2D eigenvalue weighted by atomic mass is 9.94. The number of nitrogens with one attached hydrogen (secondary N) is 1. The molecule has 1 aliphatic heterocycles. The normalized spacial score (nSPS) is 21.2. The van der Waals surface area contributed by atoms with Gasteiger partial charge in [-0.05, 0) is 18.9 Å².